The number of nitrogens with two attached hydrogens (primary N) is 1. The lowest BCUT2D eigenvalue weighted by molar-refractivity contribution is 0.592. The molecular formula is C15H12FN3O2S2. The molecule has 0 aliphatic heterocycles. The van der Waals surface area contributed by atoms with Gasteiger partial charge in [-0.2, -0.15) is 0 Å². The van der Waals surface area contributed by atoms with Crippen LogP contribution in [0.4, 0.5) is 4.39 Å². The second-order valence-corrected chi connectivity index (χ2v) is 7.33. The lowest BCUT2D eigenvalue weighted by Crippen LogP contribution is -2.12. The molecule has 0 spiro atoms. The molecule has 0 saturated heterocycles. The first-order valence-electron chi connectivity index (χ1n) is 6.56. The SMILES string of the molecule is Cc1csc(-c2cccnc2-c2cc(F)cc(S(N)(=O)=O)c2)n1. The largest absolute Gasteiger partial charge is 0.256 e. The highest BCUT2D eigenvalue weighted by Gasteiger charge is 2.16. The summed E-state index contributed by atoms with van der Waals surface area (Å²) in [5.74, 6) is -0.696. The van der Waals surface area contributed by atoms with Crippen molar-refractivity contribution in [1.82, 2.24) is 9.97 Å². The first-order chi connectivity index (χ1) is 10.8. The minimum Gasteiger partial charge on any atom is -0.256 e. The molecule has 118 valence electrons. The quantitative estimate of drug-likeness (QED) is 0.788. The van der Waals surface area contributed by atoms with Crippen LogP contribution in [0.5, 0.6) is 0 Å². The van der Waals surface area contributed by atoms with Crippen molar-refractivity contribution in [2.75, 3.05) is 0 Å². The summed E-state index contributed by atoms with van der Waals surface area (Å²) in [6, 6.07) is 6.97. The highest BCUT2D eigenvalue weighted by molar-refractivity contribution is 7.89. The van der Waals surface area contributed by atoms with Crippen LogP contribution >= 0.6 is 11.3 Å². The van der Waals surface area contributed by atoms with Gasteiger partial charge in [-0.1, -0.05) is 0 Å². The van der Waals surface area contributed by atoms with Crippen molar-refractivity contribution in [3.63, 3.8) is 0 Å². The van der Waals surface area contributed by atoms with Crippen LogP contribution in [-0.2, 0) is 10.0 Å². The van der Waals surface area contributed by atoms with Crippen LogP contribution in [0.25, 0.3) is 21.8 Å². The molecule has 23 heavy (non-hydrogen) atoms. The van der Waals surface area contributed by atoms with E-state index >= 15 is 0 Å². The molecule has 2 heterocycles. The van der Waals surface area contributed by atoms with Gasteiger partial charge in [0.2, 0.25) is 10.0 Å². The number of aromatic nitrogens is 2. The van der Waals surface area contributed by atoms with Crippen molar-refractivity contribution < 1.29 is 12.8 Å². The van der Waals surface area contributed by atoms with Crippen LogP contribution in [0, 0.1) is 12.7 Å². The molecule has 0 bridgehead atoms. The predicted octanol–water partition coefficient (Wildman–Crippen LogP) is 2.97. The minimum atomic E-state index is -4.01. The van der Waals surface area contributed by atoms with Gasteiger partial charge in [0.25, 0.3) is 0 Å². The third kappa shape index (κ3) is 3.29. The number of benzene rings is 1. The van der Waals surface area contributed by atoms with Crippen LogP contribution < -0.4 is 5.14 Å². The van der Waals surface area contributed by atoms with Gasteiger partial charge in [-0.3, -0.25) is 4.98 Å². The summed E-state index contributed by atoms with van der Waals surface area (Å²) in [7, 11) is -4.01. The molecule has 3 rings (SSSR count). The maximum absolute atomic E-state index is 13.8. The molecular weight excluding hydrogens is 337 g/mol. The fourth-order valence-corrected chi connectivity index (χ4v) is 3.54. The molecule has 2 N–H and O–H groups in total. The topological polar surface area (TPSA) is 85.9 Å². The molecule has 0 saturated carbocycles. The summed E-state index contributed by atoms with van der Waals surface area (Å²) in [6.45, 7) is 1.87. The summed E-state index contributed by atoms with van der Waals surface area (Å²) in [5.41, 5.74) is 2.35. The molecule has 2 aromatic heterocycles. The van der Waals surface area contributed by atoms with E-state index in [1.165, 1.54) is 23.5 Å². The smallest absolute Gasteiger partial charge is 0.238 e. The Labute approximate surface area is 136 Å². The number of pyridine rings is 1. The van der Waals surface area contributed by atoms with Gasteiger partial charge in [0.15, 0.2) is 0 Å². The van der Waals surface area contributed by atoms with E-state index in [0.29, 0.717) is 16.8 Å². The van der Waals surface area contributed by atoms with Gasteiger partial charge < -0.3 is 0 Å². The number of primary sulfonamides is 1. The van der Waals surface area contributed by atoms with Crippen LogP contribution in [0.15, 0.2) is 46.8 Å². The molecule has 0 aliphatic rings. The van der Waals surface area contributed by atoms with E-state index in [1.807, 2.05) is 18.4 Å². The van der Waals surface area contributed by atoms with Crippen LogP contribution in [0.3, 0.4) is 0 Å². The van der Waals surface area contributed by atoms with Gasteiger partial charge in [-0.15, -0.1) is 11.3 Å². The Hall–Kier alpha value is -2.16. The number of aryl methyl sites for hydroxylation is 1. The molecule has 0 radical (unpaired) electrons. The number of nitrogens with zero attached hydrogens (tertiary/aromatic N) is 2. The maximum Gasteiger partial charge on any atom is 0.238 e. The third-order valence-electron chi connectivity index (χ3n) is 3.13. The zero-order valence-electron chi connectivity index (χ0n) is 12.0. The van der Waals surface area contributed by atoms with E-state index in [9.17, 15) is 12.8 Å². The monoisotopic (exact) mass is 349 g/mol. The van der Waals surface area contributed by atoms with Crippen LogP contribution in [0.1, 0.15) is 5.69 Å². The van der Waals surface area contributed by atoms with E-state index in [0.717, 1.165) is 16.8 Å². The summed E-state index contributed by atoms with van der Waals surface area (Å²) in [4.78, 5) is 8.37. The molecule has 0 atom stereocenters. The molecule has 3 aromatic rings. The van der Waals surface area contributed by atoms with E-state index < -0.39 is 15.8 Å². The first-order valence-corrected chi connectivity index (χ1v) is 8.98. The molecule has 1 aromatic carbocycles. The zero-order chi connectivity index (χ0) is 16.6. The Bertz CT molecular complexity index is 984. The van der Waals surface area contributed by atoms with Gasteiger partial charge in [-0.25, -0.2) is 22.9 Å². The highest BCUT2D eigenvalue weighted by Crippen LogP contribution is 2.33. The zero-order valence-corrected chi connectivity index (χ0v) is 13.7. The number of rotatable bonds is 3. The standard InChI is InChI=1S/C15H12FN3O2S2/c1-9-8-22-15(19-9)13-3-2-4-18-14(13)10-5-11(16)7-12(6-10)23(17,20)21/h2-8H,1H3,(H2,17,20,21). The fourth-order valence-electron chi connectivity index (χ4n) is 2.15. The molecule has 8 heteroatoms. The molecule has 0 aliphatic carbocycles. The Morgan fingerprint density at radius 1 is 1.26 bits per heavy atom. The van der Waals surface area contributed by atoms with E-state index in [2.05, 4.69) is 9.97 Å². The molecule has 0 unspecified atom stereocenters. The molecule has 0 amide bonds. The number of hydrogen-bond acceptors (Lipinski definition) is 5. The Kier molecular flexibility index (Phi) is 3.97. The minimum absolute atomic E-state index is 0.292. The van der Waals surface area contributed by atoms with Gasteiger partial charge in [-0.05, 0) is 37.3 Å². The third-order valence-corrected chi connectivity index (χ3v) is 5.02. The Morgan fingerprint density at radius 2 is 2.04 bits per heavy atom. The van der Waals surface area contributed by atoms with Gasteiger partial charge >= 0.3 is 0 Å². The molecule has 0 fully saturated rings. The molecule has 5 nitrogen and oxygen atoms in total. The average molecular weight is 349 g/mol. The highest BCUT2D eigenvalue weighted by atomic mass is 32.2. The predicted molar refractivity (Wildman–Crippen MR) is 86.8 cm³/mol. The number of hydrogen-bond donors (Lipinski definition) is 1. The fraction of sp³-hybridized carbons (Fsp3) is 0.0667. The summed E-state index contributed by atoms with van der Waals surface area (Å²) in [6.07, 6.45) is 1.56. The lowest BCUT2D eigenvalue weighted by Gasteiger charge is -2.08. The maximum atomic E-state index is 13.8. The van der Waals surface area contributed by atoms with Crippen LogP contribution in [0.2, 0.25) is 0 Å². The second-order valence-electron chi connectivity index (χ2n) is 4.91. The van der Waals surface area contributed by atoms with Gasteiger partial charge in [0, 0.05) is 28.4 Å². The van der Waals surface area contributed by atoms with Crippen molar-refractivity contribution >= 4 is 21.4 Å². The van der Waals surface area contributed by atoms with E-state index in [4.69, 9.17) is 5.14 Å². The Balaban J connectivity index is 2.22. The van der Waals surface area contributed by atoms with Crippen molar-refractivity contribution in [1.29, 1.82) is 0 Å². The summed E-state index contributed by atoms with van der Waals surface area (Å²) < 4.78 is 36.8. The lowest BCUT2D eigenvalue weighted by atomic mass is 10.1. The van der Waals surface area contributed by atoms with Crippen LogP contribution in [-0.4, -0.2) is 18.4 Å². The van der Waals surface area contributed by atoms with Crippen molar-refractivity contribution in [3.05, 3.63) is 53.4 Å². The summed E-state index contributed by atoms with van der Waals surface area (Å²) >= 11 is 1.44. The van der Waals surface area contributed by atoms with Crippen molar-refractivity contribution in [2.45, 2.75) is 11.8 Å². The van der Waals surface area contributed by atoms with Crippen molar-refractivity contribution in [2.24, 2.45) is 5.14 Å². The van der Waals surface area contributed by atoms with Crippen molar-refractivity contribution in [3.8, 4) is 21.8 Å². The average Bonchev–Trinajstić information content (AvgIpc) is 2.92. The Morgan fingerprint density at radius 3 is 2.70 bits per heavy atom. The first kappa shape index (κ1) is 15.7. The second kappa shape index (κ2) is 5.80. The van der Waals surface area contributed by atoms with Gasteiger partial charge in [0.05, 0.1) is 10.6 Å². The number of thiazole rings is 1. The number of sulfonamides is 1. The van der Waals surface area contributed by atoms with E-state index in [-0.39, 0.29) is 4.90 Å². The summed E-state index contributed by atoms with van der Waals surface area (Å²) in [5, 5.41) is 7.72. The van der Waals surface area contributed by atoms with Gasteiger partial charge in [0.1, 0.15) is 10.8 Å². The normalized spacial score (nSPS) is 11.6. The number of halogens is 1. The van der Waals surface area contributed by atoms with E-state index in [1.54, 1.807) is 12.3 Å².